The van der Waals surface area contributed by atoms with Crippen LogP contribution in [0.5, 0.6) is 0 Å². The van der Waals surface area contributed by atoms with Crippen molar-refractivity contribution in [2.45, 2.75) is 71.8 Å². The number of rotatable bonds is 7. The first-order valence-electron chi connectivity index (χ1n) is 9.07. The second-order valence-electron chi connectivity index (χ2n) is 7.99. The van der Waals surface area contributed by atoms with Gasteiger partial charge in [0.05, 0.1) is 24.4 Å². The van der Waals surface area contributed by atoms with E-state index >= 15 is 0 Å². The Kier molecular flexibility index (Phi) is 7.96. The zero-order valence-electron chi connectivity index (χ0n) is 16.9. The molecule has 1 heterocycles. The summed E-state index contributed by atoms with van der Waals surface area (Å²) >= 11 is 0. The van der Waals surface area contributed by atoms with Gasteiger partial charge in [-0.2, -0.15) is 0 Å². The molecule has 0 bridgehead atoms. The molecule has 1 rings (SSSR count). The molecule has 1 fully saturated rings. The first-order chi connectivity index (χ1) is 11.1. The number of nitrogens with zero attached hydrogens (tertiary/aromatic N) is 2. The van der Waals surface area contributed by atoms with Gasteiger partial charge in [-0.25, -0.2) is 0 Å². The SMILES string of the molecule is CCNC(=NCC(C)(C)N1CC(C)OC(C)C1)NCC(C)(C)OC. The summed E-state index contributed by atoms with van der Waals surface area (Å²) in [4.78, 5) is 7.29. The Morgan fingerprint density at radius 2 is 1.75 bits per heavy atom. The number of hydrogen-bond acceptors (Lipinski definition) is 4. The number of ether oxygens (including phenoxy) is 2. The summed E-state index contributed by atoms with van der Waals surface area (Å²) in [6, 6.07) is 0. The monoisotopic (exact) mass is 342 g/mol. The van der Waals surface area contributed by atoms with Gasteiger partial charge < -0.3 is 20.1 Å². The highest BCUT2D eigenvalue weighted by Crippen LogP contribution is 2.21. The number of guanidine groups is 1. The molecule has 0 aromatic rings. The zero-order valence-corrected chi connectivity index (χ0v) is 16.9. The summed E-state index contributed by atoms with van der Waals surface area (Å²) in [7, 11) is 1.73. The van der Waals surface area contributed by atoms with Crippen LogP contribution in [-0.2, 0) is 9.47 Å². The fourth-order valence-electron chi connectivity index (χ4n) is 2.76. The summed E-state index contributed by atoms with van der Waals surface area (Å²) < 4.78 is 11.3. The van der Waals surface area contributed by atoms with Crippen LogP contribution >= 0.6 is 0 Å². The molecule has 0 aliphatic carbocycles. The van der Waals surface area contributed by atoms with E-state index in [9.17, 15) is 0 Å². The molecule has 0 saturated carbocycles. The first-order valence-corrected chi connectivity index (χ1v) is 9.07. The van der Waals surface area contributed by atoms with Crippen molar-refractivity contribution in [3.05, 3.63) is 0 Å². The Balaban J connectivity index is 2.69. The van der Waals surface area contributed by atoms with Crippen LogP contribution in [0.4, 0.5) is 0 Å². The number of methoxy groups -OCH3 is 1. The lowest BCUT2D eigenvalue weighted by Gasteiger charge is -2.44. The maximum Gasteiger partial charge on any atom is 0.191 e. The van der Waals surface area contributed by atoms with E-state index in [0.717, 1.165) is 32.1 Å². The molecule has 0 aromatic heterocycles. The second-order valence-corrected chi connectivity index (χ2v) is 7.99. The third-order valence-corrected chi connectivity index (χ3v) is 4.48. The van der Waals surface area contributed by atoms with E-state index in [0.29, 0.717) is 6.54 Å². The van der Waals surface area contributed by atoms with Gasteiger partial charge in [0.2, 0.25) is 0 Å². The maximum atomic E-state index is 5.85. The van der Waals surface area contributed by atoms with Crippen molar-refractivity contribution in [3.8, 4) is 0 Å². The minimum absolute atomic E-state index is 0.00851. The van der Waals surface area contributed by atoms with Crippen LogP contribution in [0.1, 0.15) is 48.5 Å². The third-order valence-electron chi connectivity index (χ3n) is 4.48. The van der Waals surface area contributed by atoms with Crippen molar-refractivity contribution in [2.24, 2.45) is 4.99 Å². The Bertz CT molecular complexity index is 400. The van der Waals surface area contributed by atoms with Gasteiger partial charge in [-0.1, -0.05) is 0 Å². The third kappa shape index (κ3) is 6.95. The number of hydrogen-bond donors (Lipinski definition) is 2. The van der Waals surface area contributed by atoms with E-state index in [1.807, 2.05) is 0 Å². The quantitative estimate of drug-likeness (QED) is 0.546. The van der Waals surface area contributed by atoms with Crippen molar-refractivity contribution in [2.75, 3.05) is 39.8 Å². The Morgan fingerprint density at radius 3 is 2.25 bits per heavy atom. The highest BCUT2D eigenvalue weighted by molar-refractivity contribution is 5.79. The van der Waals surface area contributed by atoms with Gasteiger partial charge in [0.1, 0.15) is 0 Å². The van der Waals surface area contributed by atoms with Gasteiger partial charge in [0.25, 0.3) is 0 Å². The smallest absolute Gasteiger partial charge is 0.191 e. The highest BCUT2D eigenvalue weighted by Gasteiger charge is 2.33. The van der Waals surface area contributed by atoms with Gasteiger partial charge in [0.15, 0.2) is 5.96 Å². The van der Waals surface area contributed by atoms with Crippen molar-refractivity contribution in [3.63, 3.8) is 0 Å². The zero-order chi connectivity index (χ0) is 18.4. The highest BCUT2D eigenvalue weighted by atomic mass is 16.5. The summed E-state index contributed by atoms with van der Waals surface area (Å²) in [5, 5.41) is 6.69. The Morgan fingerprint density at radius 1 is 1.17 bits per heavy atom. The molecule has 6 nitrogen and oxygen atoms in total. The second kappa shape index (κ2) is 9.02. The van der Waals surface area contributed by atoms with Crippen LogP contribution in [0, 0.1) is 0 Å². The average Bonchev–Trinajstić information content (AvgIpc) is 2.49. The normalized spacial score (nSPS) is 24.1. The van der Waals surface area contributed by atoms with Crippen molar-refractivity contribution < 1.29 is 9.47 Å². The molecule has 1 aliphatic heterocycles. The number of aliphatic imine (C=N–C) groups is 1. The van der Waals surface area contributed by atoms with Gasteiger partial charge in [-0.3, -0.25) is 9.89 Å². The summed E-state index contributed by atoms with van der Waals surface area (Å²) in [5.41, 5.74) is -0.230. The van der Waals surface area contributed by atoms with E-state index in [-0.39, 0.29) is 23.3 Å². The molecule has 1 aliphatic rings. The molecule has 0 aromatic carbocycles. The lowest BCUT2D eigenvalue weighted by molar-refractivity contribution is -0.0939. The molecule has 2 atom stereocenters. The van der Waals surface area contributed by atoms with E-state index in [1.165, 1.54) is 0 Å². The van der Waals surface area contributed by atoms with Gasteiger partial charge in [-0.05, 0) is 48.5 Å². The van der Waals surface area contributed by atoms with Crippen LogP contribution in [0.3, 0.4) is 0 Å². The van der Waals surface area contributed by atoms with E-state index in [1.54, 1.807) is 7.11 Å². The summed E-state index contributed by atoms with van der Waals surface area (Å²) in [5.74, 6) is 0.838. The molecule has 1 saturated heterocycles. The predicted octanol–water partition coefficient (Wildman–Crippen LogP) is 1.85. The lowest BCUT2D eigenvalue weighted by atomic mass is 10.0. The van der Waals surface area contributed by atoms with Gasteiger partial charge in [-0.15, -0.1) is 0 Å². The fraction of sp³-hybridized carbons (Fsp3) is 0.944. The van der Waals surface area contributed by atoms with Crippen LogP contribution in [0.25, 0.3) is 0 Å². The van der Waals surface area contributed by atoms with Crippen molar-refractivity contribution >= 4 is 5.96 Å². The largest absolute Gasteiger partial charge is 0.377 e. The van der Waals surface area contributed by atoms with Crippen LogP contribution in [-0.4, -0.2) is 74.0 Å². The van der Waals surface area contributed by atoms with E-state index < -0.39 is 0 Å². The molecule has 24 heavy (non-hydrogen) atoms. The predicted molar refractivity (Wildman–Crippen MR) is 101 cm³/mol. The van der Waals surface area contributed by atoms with Gasteiger partial charge >= 0.3 is 0 Å². The van der Waals surface area contributed by atoms with Crippen LogP contribution in [0.2, 0.25) is 0 Å². The summed E-state index contributed by atoms with van der Waals surface area (Å²) in [6.45, 7) is 19.2. The van der Waals surface area contributed by atoms with E-state index in [4.69, 9.17) is 14.5 Å². The molecule has 0 spiro atoms. The lowest BCUT2D eigenvalue weighted by Crippen LogP contribution is -2.56. The molecule has 0 radical (unpaired) electrons. The van der Waals surface area contributed by atoms with Gasteiger partial charge in [0, 0.05) is 38.8 Å². The molecule has 0 amide bonds. The van der Waals surface area contributed by atoms with Crippen molar-refractivity contribution in [1.29, 1.82) is 0 Å². The fourth-order valence-corrected chi connectivity index (χ4v) is 2.76. The Labute approximate surface area is 148 Å². The van der Waals surface area contributed by atoms with Crippen molar-refractivity contribution in [1.82, 2.24) is 15.5 Å². The molecule has 6 heteroatoms. The minimum atomic E-state index is -0.221. The summed E-state index contributed by atoms with van der Waals surface area (Å²) in [6.07, 6.45) is 0.539. The number of morpholine rings is 1. The average molecular weight is 343 g/mol. The molecular weight excluding hydrogens is 304 g/mol. The van der Waals surface area contributed by atoms with E-state index in [2.05, 4.69) is 64.0 Å². The molecule has 2 unspecified atom stereocenters. The molecular formula is C18H38N4O2. The maximum absolute atomic E-state index is 5.85. The standard InChI is InChI=1S/C18H38N4O2/c1-9-19-16(21-13-18(6,7)23-8)20-12-17(4,5)22-10-14(2)24-15(3)11-22/h14-15H,9-13H2,1-8H3,(H2,19,20,21). The van der Waals surface area contributed by atoms with Crippen LogP contribution < -0.4 is 10.6 Å². The van der Waals surface area contributed by atoms with Crippen LogP contribution in [0.15, 0.2) is 4.99 Å². The molecule has 142 valence electrons. The molecule has 2 N–H and O–H groups in total. The number of nitrogens with one attached hydrogen (secondary N) is 2. The topological polar surface area (TPSA) is 58.1 Å². The minimum Gasteiger partial charge on any atom is -0.377 e. The Hall–Kier alpha value is -0.850. The first kappa shape index (κ1) is 21.2.